The van der Waals surface area contributed by atoms with Gasteiger partial charge in [-0.05, 0) is 33.9 Å². The average molecular weight is 488 g/mol. The highest BCUT2D eigenvalue weighted by Gasteiger charge is 2.13. The molecule has 206 valence electrons. The lowest BCUT2D eigenvalue weighted by atomic mass is 10.0. The van der Waals surface area contributed by atoms with Crippen molar-refractivity contribution < 1.29 is 18.9 Å². The molecule has 0 radical (unpaired) electrons. The Balaban J connectivity index is 3.65. The Morgan fingerprint density at radius 1 is 0.588 bits per heavy atom. The molecule has 0 rings (SSSR count). The second-order valence-corrected chi connectivity index (χ2v) is 9.92. The van der Waals surface area contributed by atoms with Gasteiger partial charge >= 0.3 is 0 Å². The Hall–Kier alpha value is -0.200. The summed E-state index contributed by atoms with van der Waals surface area (Å²) in [5.41, 5.74) is 0. The second kappa shape index (κ2) is 27.4. The van der Waals surface area contributed by atoms with Crippen LogP contribution in [0.5, 0.6) is 0 Å². The van der Waals surface area contributed by atoms with Crippen LogP contribution in [0.15, 0.2) is 0 Å². The van der Waals surface area contributed by atoms with Crippen LogP contribution in [0.25, 0.3) is 0 Å². The van der Waals surface area contributed by atoms with Crippen LogP contribution >= 0.6 is 0 Å². The van der Waals surface area contributed by atoms with E-state index < -0.39 is 0 Å². The minimum Gasteiger partial charge on any atom is -0.378 e. The van der Waals surface area contributed by atoms with Gasteiger partial charge in [-0.3, -0.25) is 0 Å². The van der Waals surface area contributed by atoms with E-state index in [0.29, 0.717) is 19.8 Å². The Labute approximate surface area is 213 Å². The Morgan fingerprint density at radius 3 is 1.65 bits per heavy atom. The SMILES string of the molecule is CCCCCCCCCCCCCCCCC(COC(CC)OCCOCCN(C)C)OCC. The Kier molecular flexibility index (Phi) is 27.2. The summed E-state index contributed by atoms with van der Waals surface area (Å²) >= 11 is 0. The fourth-order valence-electron chi connectivity index (χ4n) is 4.10. The van der Waals surface area contributed by atoms with Crippen LogP contribution < -0.4 is 0 Å². The normalized spacial score (nSPS) is 13.6. The third kappa shape index (κ3) is 24.9. The highest BCUT2D eigenvalue weighted by atomic mass is 16.7. The van der Waals surface area contributed by atoms with Crippen LogP contribution in [-0.4, -0.2) is 71.0 Å². The van der Waals surface area contributed by atoms with Crippen molar-refractivity contribution in [2.24, 2.45) is 0 Å². The van der Waals surface area contributed by atoms with Crippen LogP contribution in [0.1, 0.15) is 124 Å². The zero-order chi connectivity index (χ0) is 25.1. The molecule has 0 aliphatic rings. The predicted molar refractivity (Wildman–Crippen MR) is 146 cm³/mol. The van der Waals surface area contributed by atoms with Crippen LogP contribution in [0.4, 0.5) is 0 Å². The predicted octanol–water partition coefficient (Wildman–Crippen LogP) is 7.61. The van der Waals surface area contributed by atoms with Crippen LogP contribution in [0.3, 0.4) is 0 Å². The molecule has 2 atom stereocenters. The minimum absolute atomic E-state index is 0.170. The van der Waals surface area contributed by atoms with Crippen LogP contribution in [-0.2, 0) is 18.9 Å². The zero-order valence-corrected chi connectivity index (χ0v) is 23.8. The zero-order valence-electron chi connectivity index (χ0n) is 23.8. The summed E-state index contributed by atoms with van der Waals surface area (Å²) < 4.78 is 23.4. The molecule has 0 N–H and O–H groups in total. The van der Waals surface area contributed by atoms with Crippen molar-refractivity contribution in [3.8, 4) is 0 Å². The summed E-state index contributed by atoms with van der Waals surface area (Å²) in [4.78, 5) is 2.12. The van der Waals surface area contributed by atoms with Gasteiger partial charge < -0.3 is 23.8 Å². The molecule has 0 heterocycles. The number of nitrogens with zero attached hydrogens (tertiary/aromatic N) is 1. The molecule has 0 aromatic carbocycles. The molecule has 2 unspecified atom stereocenters. The first-order chi connectivity index (χ1) is 16.6. The molecule has 0 bridgehead atoms. The van der Waals surface area contributed by atoms with Gasteiger partial charge in [-0.15, -0.1) is 0 Å². The Morgan fingerprint density at radius 2 is 1.15 bits per heavy atom. The number of hydrogen-bond acceptors (Lipinski definition) is 5. The Bertz CT molecular complexity index is 381. The fraction of sp³-hybridized carbons (Fsp3) is 1.00. The van der Waals surface area contributed by atoms with Crippen molar-refractivity contribution in [3.05, 3.63) is 0 Å². The largest absolute Gasteiger partial charge is 0.378 e. The molecule has 0 amide bonds. The summed E-state index contributed by atoms with van der Waals surface area (Å²) in [5, 5.41) is 0. The third-order valence-corrected chi connectivity index (χ3v) is 6.30. The maximum atomic E-state index is 6.01. The number of unbranched alkanes of at least 4 members (excludes halogenated alkanes) is 13. The second-order valence-electron chi connectivity index (χ2n) is 9.92. The molecule has 0 aromatic rings. The van der Waals surface area contributed by atoms with E-state index in [2.05, 4.69) is 25.7 Å². The van der Waals surface area contributed by atoms with Crippen molar-refractivity contribution in [2.45, 2.75) is 136 Å². The van der Waals surface area contributed by atoms with Crippen molar-refractivity contribution in [2.75, 3.05) is 53.7 Å². The molecule has 0 saturated carbocycles. The monoisotopic (exact) mass is 487 g/mol. The maximum Gasteiger partial charge on any atom is 0.157 e. The third-order valence-electron chi connectivity index (χ3n) is 6.30. The molecule has 5 heteroatoms. The quantitative estimate of drug-likeness (QED) is 0.0839. The number of likely N-dealkylation sites (N-methyl/N-ethyl adjacent to an activating group) is 1. The van der Waals surface area contributed by atoms with E-state index in [1.165, 1.54) is 89.9 Å². The van der Waals surface area contributed by atoms with E-state index in [-0.39, 0.29) is 12.4 Å². The molecule has 5 nitrogen and oxygen atoms in total. The first-order valence-electron chi connectivity index (χ1n) is 14.7. The maximum absolute atomic E-state index is 6.01. The lowest BCUT2D eigenvalue weighted by molar-refractivity contribution is -0.170. The van der Waals surface area contributed by atoms with E-state index >= 15 is 0 Å². The van der Waals surface area contributed by atoms with Crippen LogP contribution in [0.2, 0.25) is 0 Å². The molecular formula is C29H61NO4. The van der Waals surface area contributed by atoms with Gasteiger partial charge in [0, 0.05) is 13.2 Å². The minimum atomic E-state index is -0.170. The number of rotatable bonds is 28. The molecule has 0 saturated heterocycles. The summed E-state index contributed by atoms with van der Waals surface area (Å²) in [5.74, 6) is 0. The van der Waals surface area contributed by atoms with E-state index in [4.69, 9.17) is 18.9 Å². The van der Waals surface area contributed by atoms with E-state index in [1.54, 1.807) is 0 Å². The molecule has 0 aromatic heterocycles. The first-order valence-corrected chi connectivity index (χ1v) is 14.7. The van der Waals surface area contributed by atoms with E-state index in [1.807, 2.05) is 14.1 Å². The molecular weight excluding hydrogens is 426 g/mol. The summed E-state index contributed by atoms with van der Waals surface area (Å²) in [6.45, 7) is 10.7. The van der Waals surface area contributed by atoms with Gasteiger partial charge in [0.25, 0.3) is 0 Å². The van der Waals surface area contributed by atoms with Gasteiger partial charge in [0.15, 0.2) is 6.29 Å². The van der Waals surface area contributed by atoms with Crippen molar-refractivity contribution in [3.63, 3.8) is 0 Å². The van der Waals surface area contributed by atoms with Gasteiger partial charge in [-0.2, -0.15) is 0 Å². The summed E-state index contributed by atoms with van der Waals surface area (Å²) in [6, 6.07) is 0. The number of ether oxygens (including phenoxy) is 4. The number of hydrogen-bond donors (Lipinski definition) is 0. The van der Waals surface area contributed by atoms with Gasteiger partial charge in [-0.25, -0.2) is 0 Å². The van der Waals surface area contributed by atoms with Crippen molar-refractivity contribution in [1.29, 1.82) is 0 Å². The van der Waals surface area contributed by atoms with Gasteiger partial charge in [0.1, 0.15) is 0 Å². The fourth-order valence-corrected chi connectivity index (χ4v) is 4.10. The molecule has 0 spiro atoms. The molecule has 0 aliphatic carbocycles. The van der Waals surface area contributed by atoms with Gasteiger partial charge in [0.05, 0.1) is 32.5 Å². The van der Waals surface area contributed by atoms with Gasteiger partial charge in [-0.1, -0.05) is 104 Å². The topological polar surface area (TPSA) is 40.2 Å². The smallest absolute Gasteiger partial charge is 0.157 e. The average Bonchev–Trinajstić information content (AvgIpc) is 2.82. The standard InChI is InChI=1S/C29H61NO4/c1-6-9-10-11-12-13-14-15-16-17-18-19-20-21-22-28(32-8-3)27-34-29(7-2)33-26-25-31-24-23-30(4)5/h28-29H,6-27H2,1-5H3. The van der Waals surface area contributed by atoms with Crippen LogP contribution in [0, 0.1) is 0 Å². The summed E-state index contributed by atoms with van der Waals surface area (Å²) in [7, 11) is 4.10. The lowest BCUT2D eigenvalue weighted by Crippen LogP contribution is -2.27. The van der Waals surface area contributed by atoms with E-state index in [9.17, 15) is 0 Å². The lowest BCUT2D eigenvalue weighted by Gasteiger charge is -2.22. The molecule has 0 aliphatic heterocycles. The first kappa shape index (κ1) is 33.8. The molecule has 0 fully saturated rings. The van der Waals surface area contributed by atoms with Crippen molar-refractivity contribution >= 4 is 0 Å². The molecule has 34 heavy (non-hydrogen) atoms. The van der Waals surface area contributed by atoms with E-state index in [0.717, 1.165) is 32.6 Å². The highest BCUT2D eigenvalue weighted by molar-refractivity contribution is 4.59. The van der Waals surface area contributed by atoms with Gasteiger partial charge in [0.2, 0.25) is 0 Å². The highest BCUT2D eigenvalue weighted by Crippen LogP contribution is 2.15. The summed E-state index contributed by atoms with van der Waals surface area (Å²) in [6.07, 6.45) is 21.4. The van der Waals surface area contributed by atoms with Crippen molar-refractivity contribution in [1.82, 2.24) is 4.90 Å².